The quantitative estimate of drug-likeness (QED) is 0.778. The Morgan fingerprint density at radius 3 is 2.65 bits per heavy atom. The molecule has 0 aliphatic heterocycles. The summed E-state index contributed by atoms with van der Waals surface area (Å²) in [6.07, 6.45) is 3.12. The Labute approximate surface area is 124 Å². The van der Waals surface area contributed by atoms with Gasteiger partial charge in [-0.1, -0.05) is 37.3 Å². The minimum atomic E-state index is -0.188. The molecule has 2 rings (SSSR count). The minimum absolute atomic E-state index is 0.0364. The second-order valence-electron chi connectivity index (χ2n) is 4.68. The molecule has 2 aromatic carbocycles. The van der Waals surface area contributed by atoms with Gasteiger partial charge in [0.25, 0.3) is 0 Å². The zero-order valence-corrected chi connectivity index (χ0v) is 12.7. The first-order chi connectivity index (χ1) is 9.76. The monoisotopic (exact) mass is 289 g/mol. The first-order valence-electron chi connectivity index (χ1n) is 6.88. The van der Waals surface area contributed by atoms with Crippen LogP contribution in [0.1, 0.15) is 30.5 Å². The Hall–Kier alpha value is -1.32. The number of hydrogen-bond acceptors (Lipinski definition) is 2. The molecule has 0 saturated heterocycles. The second-order valence-corrected chi connectivity index (χ2v) is 5.53. The van der Waals surface area contributed by atoms with Gasteiger partial charge in [0.15, 0.2) is 0 Å². The van der Waals surface area contributed by atoms with Crippen LogP contribution >= 0.6 is 11.8 Å². The van der Waals surface area contributed by atoms with Crippen LogP contribution < -0.4 is 5.32 Å². The molecule has 0 heterocycles. The highest BCUT2D eigenvalue weighted by molar-refractivity contribution is 7.98. The molecule has 2 aromatic rings. The lowest BCUT2D eigenvalue weighted by molar-refractivity contribution is 0.580. The third-order valence-electron chi connectivity index (χ3n) is 3.23. The fourth-order valence-corrected chi connectivity index (χ4v) is 2.92. The SMILES string of the molecule is CCCNC(c1cccc(F)c1)c1ccccc1SC. The molecule has 0 aromatic heterocycles. The van der Waals surface area contributed by atoms with Crippen LogP contribution in [-0.4, -0.2) is 12.8 Å². The summed E-state index contributed by atoms with van der Waals surface area (Å²) in [6.45, 7) is 3.04. The first-order valence-corrected chi connectivity index (χ1v) is 8.10. The van der Waals surface area contributed by atoms with Gasteiger partial charge in [-0.3, -0.25) is 0 Å². The molecular weight excluding hydrogens is 269 g/mol. The van der Waals surface area contributed by atoms with Crippen molar-refractivity contribution in [2.45, 2.75) is 24.3 Å². The maximum absolute atomic E-state index is 13.5. The molecule has 0 saturated carbocycles. The summed E-state index contributed by atoms with van der Waals surface area (Å²) in [5, 5.41) is 3.52. The fourth-order valence-electron chi connectivity index (χ4n) is 2.29. The van der Waals surface area contributed by atoms with Crippen LogP contribution in [0.2, 0.25) is 0 Å². The average molecular weight is 289 g/mol. The van der Waals surface area contributed by atoms with Crippen molar-refractivity contribution in [2.24, 2.45) is 0 Å². The number of halogens is 1. The summed E-state index contributed by atoms with van der Waals surface area (Å²) < 4.78 is 13.5. The van der Waals surface area contributed by atoms with Crippen molar-refractivity contribution >= 4 is 11.8 Å². The van der Waals surface area contributed by atoms with Gasteiger partial charge in [-0.2, -0.15) is 0 Å². The highest BCUT2D eigenvalue weighted by Gasteiger charge is 2.16. The first kappa shape index (κ1) is 15.1. The summed E-state index contributed by atoms with van der Waals surface area (Å²) in [5.74, 6) is -0.188. The maximum atomic E-state index is 13.5. The van der Waals surface area contributed by atoms with Crippen LogP contribution in [0, 0.1) is 5.82 Å². The van der Waals surface area contributed by atoms with E-state index in [4.69, 9.17) is 0 Å². The van der Waals surface area contributed by atoms with Gasteiger partial charge < -0.3 is 5.32 Å². The highest BCUT2D eigenvalue weighted by atomic mass is 32.2. The molecule has 0 spiro atoms. The number of benzene rings is 2. The molecule has 20 heavy (non-hydrogen) atoms. The van der Waals surface area contributed by atoms with Gasteiger partial charge in [0.1, 0.15) is 5.82 Å². The van der Waals surface area contributed by atoms with Crippen molar-refractivity contribution in [2.75, 3.05) is 12.8 Å². The summed E-state index contributed by atoms with van der Waals surface area (Å²) in [4.78, 5) is 1.23. The molecule has 106 valence electrons. The Bertz CT molecular complexity index is 556. The Kier molecular flexibility index (Phi) is 5.62. The van der Waals surface area contributed by atoms with E-state index < -0.39 is 0 Å². The highest BCUT2D eigenvalue weighted by Crippen LogP contribution is 2.30. The third-order valence-corrected chi connectivity index (χ3v) is 4.04. The molecule has 0 aliphatic carbocycles. The topological polar surface area (TPSA) is 12.0 Å². The van der Waals surface area contributed by atoms with Crippen LogP contribution in [0.3, 0.4) is 0 Å². The van der Waals surface area contributed by atoms with E-state index in [-0.39, 0.29) is 11.9 Å². The summed E-state index contributed by atoms with van der Waals surface area (Å²) >= 11 is 1.72. The molecule has 0 aliphatic rings. The molecule has 3 heteroatoms. The molecule has 1 atom stereocenters. The number of nitrogens with one attached hydrogen (secondary N) is 1. The third kappa shape index (κ3) is 3.62. The molecule has 0 bridgehead atoms. The molecule has 0 fully saturated rings. The molecule has 1 nitrogen and oxygen atoms in total. The summed E-state index contributed by atoms with van der Waals surface area (Å²) in [5.41, 5.74) is 2.18. The molecule has 1 unspecified atom stereocenters. The zero-order valence-electron chi connectivity index (χ0n) is 11.9. The zero-order chi connectivity index (χ0) is 14.4. The van der Waals surface area contributed by atoms with Gasteiger partial charge in [0.2, 0.25) is 0 Å². The smallest absolute Gasteiger partial charge is 0.123 e. The van der Waals surface area contributed by atoms with E-state index in [2.05, 4.69) is 30.6 Å². The largest absolute Gasteiger partial charge is 0.306 e. The lowest BCUT2D eigenvalue weighted by Gasteiger charge is -2.22. The van der Waals surface area contributed by atoms with Gasteiger partial charge in [-0.15, -0.1) is 11.8 Å². The van der Waals surface area contributed by atoms with E-state index in [0.29, 0.717) is 0 Å². The lowest BCUT2D eigenvalue weighted by atomic mass is 9.98. The standard InChI is InChI=1S/C17H20FNS/c1-3-11-19-17(13-7-6-8-14(18)12-13)15-9-4-5-10-16(15)20-2/h4-10,12,17,19H,3,11H2,1-2H3. The van der Waals surface area contributed by atoms with E-state index >= 15 is 0 Å². The second kappa shape index (κ2) is 7.46. The van der Waals surface area contributed by atoms with Gasteiger partial charge in [-0.25, -0.2) is 4.39 Å². The molecule has 0 radical (unpaired) electrons. The number of thioether (sulfide) groups is 1. The minimum Gasteiger partial charge on any atom is -0.306 e. The van der Waals surface area contributed by atoms with Gasteiger partial charge in [0, 0.05) is 4.90 Å². The number of rotatable bonds is 6. The van der Waals surface area contributed by atoms with E-state index in [0.717, 1.165) is 18.5 Å². The average Bonchev–Trinajstić information content (AvgIpc) is 2.48. The van der Waals surface area contributed by atoms with Gasteiger partial charge in [0.05, 0.1) is 6.04 Å². The summed E-state index contributed by atoms with van der Waals surface area (Å²) in [6, 6.07) is 15.2. The normalized spacial score (nSPS) is 12.3. The molecule has 0 amide bonds. The predicted octanol–water partition coefficient (Wildman–Crippen LogP) is 4.64. The van der Waals surface area contributed by atoms with Crippen LogP contribution in [0.5, 0.6) is 0 Å². The molecule has 1 N–H and O–H groups in total. The Morgan fingerprint density at radius 2 is 1.95 bits per heavy atom. The van der Waals surface area contributed by atoms with E-state index in [1.807, 2.05) is 18.2 Å². The van der Waals surface area contributed by atoms with Gasteiger partial charge >= 0.3 is 0 Å². The van der Waals surface area contributed by atoms with Crippen molar-refractivity contribution in [3.05, 3.63) is 65.5 Å². The van der Waals surface area contributed by atoms with Crippen molar-refractivity contribution < 1.29 is 4.39 Å². The summed E-state index contributed by atoms with van der Waals surface area (Å²) in [7, 11) is 0. The van der Waals surface area contributed by atoms with Crippen molar-refractivity contribution in [1.29, 1.82) is 0 Å². The van der Waals surface area contributed by atoms with Crippen molar-refractivity contribution in [3.63, 3.8) is 0 Å². The lowest BCUT2D eigenvalue weighted by Crippen LogP contribution is -2.23. The van der Waals surface area contributed by atoms with E-state index in [1.54, 1.807) is 23.9 Å². The molecular formula is C17H20FNS. The van der Waals surface area contributed by atoms with Crippen LogP contribution in [0.15, 0.2) is 53.4 Å². The Morgan fingerprint density at radius 1 is 1.15 bits per heavy atom. The fraction of sp³-hybridized carbons (Fsp3) is 0.294. The number of hydrogen-bond donors (Lipinski definition) is 1. The predicted molar refractivity (Wildman–Crippen MR) is 84.8 cm³/mol. The van der Waals surface area contributed by atoms with E-state index in [1.165, 1.54) is 16.5 Å². The van der Waals surface area contributed by atoms with Gasteiger partial charge in [-0.05, 0) is 48.5 Å². The van der Waals surface area contributed by atoms with Crippen LogP contribution in [0.25, 0.3) is 0 Å². The van der Waals surface area contributed by atoms with Crippen LogP contribution in [-0.2, 0) is 0 Å². The van der Waals surface area contributed by atoms with E-state index in [9.17, 15) is 4.39 Å². The van der Waals surface area contributed by atoms with Crippen LogP contribution in [0.4, 0.5) is 4.39 Å². The van der Waals surface area contributed by atoms with Crippen molar-refractivity contribution in [3.8, 4) is 0 Å². The van der Waals surface area contributed by atoms with Crippen molar-refractivity contribution in [1.82, 2.24) is 5.32 Å². The Balaban J connectivity index is 2.41. The maximum Gasteiger partial charge on any atom is 0.123 e.